The maximum absolute atomic E-state index is 13.2. The maximum atomic E-state index is 13.2. The normalized spacial score (nSPS) is 26.3. The fraction of sp³-hybridized carbons (Fsp3) is 0.609. The fourth-order valence-electron chi connectivity index (χ4n) is 5.05. The zero-order valence-electron chi connectivity index (χ0n) is 18.3. The molecule has 164 valence electrons. The average Bonchev–Trinajstić information content (AvgIpc) is 3.02. The number of hydrogen-bond donors (Lipinski definition) is 0. The highest BCUT2D eigenvalue weighted by Gasteiger charge is 2.31. The molecular formula is C23H32N2O4S. The van der Waals surface area contributed by atoms with Gasteiger partial charge in [-0.3, -0.25) is 4.79 Å². The summed E-state index contributed by atoms with van der Waals surface area (Å²) in [4.78, 5) is 15.3. The molecule has 0 spiro atoms. The van der Waals surface area contributed by atoms with Crippen molar-refractivity contribution in [2.75, 3.05) is 26.2 Å². The molecule has 0 saturated carbocycles. The van der Waals surface area contributed by atoms with Crippen LogP contribution in [0.1, 0.15) is 56.2 Å². The van der Waals surface area contributed by atoms with Crippen molar-refractivity contribution in [3.8, 4) is 0 Å². The van der Waals surface area contributed by atoms with E-state index < -0.39 is 10.0 Å². The standard InChI is InChI=1S/C23H32N2O4S/c1-15-6-5-9-25(14-15)30(27,28)19-7-8-21-20(11-19)18(4)22(29-21)23(26)24-12-16(2)10-17(3)13-24/h7-8,11,15-17H,5-6,9-10,12-14H2,1-4H3. The molecular weight excluding hydrogens is 400 g/mol. The third-order valence-corrected chi connectivity index (χ3v) is 8.38. The Bertz CT molecular complexity index is 1050. The largest absolute Gasteiger partial charge is 0.451 e. The molecule has 0 radical (unpaired) electrons. The first-order chi connectivity index (χ1) is 14.2. The monoisotopic (exact) mass is 432 g/mol. The minimum atomic E-state index is -3.55. The Kier molecular flexibility index (Phi) is 5.70. The minimum absolute atomic E-state index is 0.101. The molecule has 6 nitrogen and oxygen atoms in total. The summed E-state index contributed by atoms with van der Waals surface area (Å²) in [5, 5.41) is 0.697. The zero-order valence-corrected chi connectivity index (χ0v) is 19.2. The van der Waals surface area contributed by atoms with Crippen LogP contribution in [-0.4, -0.2) is 49.7 Å². The van der Waals surface area contributed by atoms with Crippen LogP contribution in [-0.2, 0) is 10.0 Å². The van der Waals surface area contributed by atoms with Gasteiger partial charge in [0, 0.05) is 37.1 Å². The fourth-order valence-corrected chi connectivity index (χ4v) is 6.68. The van der Waals surface area contributed by atoms with E-state index in [4.69, 9.17) is 4.42 Å². The van der Waals surface area contributed by atoms with Crippen molar-refractivity contribution in [2.24, 2.45) is 17.8 Å². The van der Waals surface area contributed by atoms with E-state index in [9.17, 15) is 13.2 Å². The van der Waals surface area contributed by atoms with E-state index in [-0.39, 0.29) is 10.8 Å². The summed E-state index contributed by atoms with van der Waals surface area (Å²) in [5.74, 6) is 1.52. The molecule has 0 N–H and O–H groups in total. The van der Waals surface area contributed by atoms with Crippen molar-refractivity contribution in [3.63, 3.8) is 0 Å². The summed E-state index contributed by atoms with van der Waals surface area (Å²) in [6, 6.07) is 4.95. The van der Waals surface area contributed by atoms with Crippen molar-refractivity contribution in [2.45, 2.75) is 51.9 Å². The number of piperidine rings is 2. The topological polar surface area (TPSA) is 70.8 Å². The van der Waals surface area contributed by atoms with Crippen LogP contribution < -0.4 is 0 Å². The molecule has 1 amide bonds. The Morgan fingerprint density at radius 2 is 1.77 bits per heavy atom. The highest BCUT2D eigenvalue weighted by Crippen LogP contribution is 2.32. The Morgan fingerprint density at radius 1 is 1.07 bits per heavy atom. The Balaban J connectivity index is 1.66. The van der Waals surface area contributed by atoms with Crippen molar-refractivity contribution >= 4 is 26.9 Å². The summed E-state index contributed by atoms with van der Waals surface area (Å²) < 4.78 is 33.8. The van der Waals surface area contributed by atoms with E-state index in [2.05, 4.69) is 20.8 Å². The first kappa shape index (κ1) is 21.4. The predicted molar refractivity (Wildman–Crippen MR) is 117 cm³/mol. The minimum Gasteiger partial charge on any atom is -0.451 e. The Morgan fingerprint density at radius 3 is 2.43 bits per heavy atom. The van der Waals surface area contributed by atoms with Crippen LogP contribution in [0.2, 0.25) is 0 Å². The molecule has 3 atom stereocenters. The van der Waals surface area contributed by atoms with Gasteiger partial charge in [-0.25, -0.2) is 8.42 Å². The molecule has 2 aliphatic rings. The number of likely N-dealkylation sites (tertiary alicyclic amines) is 1. The lowest BCUT2D eigenvalue weighted by Crippen LogP contribution is -2.42. The van der Waals surface area contributed by atoms with Gasteiger partial charge in [0.2, 0.25) is 10.0 Å². The van der Waals surface area contributed by atoms with Gasteiger partial charge in [0.15, 0.2) is 5.76 Å². The molecule has 3 unspecified atom stereocenters. The number of benzene rings is 1. The highest BCUT2D eigenvalue weighted by molar-refractivity contribution is 7.89. The van der Waals surface area contributed by atoms with Crippen LogP contribution in [0.25, 0.3) is 11.0 Å². The summed E-state index contributed by atoms with van der Waals surface area (Å²) in [6.45, 7) is 10.8. The number of sulfonamides is 1. The smallest absolute Gasteiger partial charge is 0.289 e. The molecule has 2 aliphatic heterocycles. The molecule has 0 aliphatic carbocycles. The molecule has 3 heterocycles. The van der Waals surface area contributed by atoms with E-state index in [1.54, 1.807) is 22.5 Å². The number of carbonyl (C=O) groups is 1. The lowest BCUT2D eigenvalue weighted by atomic mass is 9.91. The van der Waals surface area contributed by atoms with Crippen LogP contribution in [0.5, 0.6) is 0 Å². The second kappa shape index (κ2) is 8.00. The average molecular weight is 433 g/mol. The van der Waals surface area contributed by atoms with Gasteiger partial charge < -0.3 is 9.32 Å². The second-order valence-electron chi connectivity index (χ2n) is 9.48. The van der Waals surface area contributed by atoms with E-state index in [1.165, 1.54) is 0 Å². The molecule has 1 aromatic heterocycles. The SMILES string of the molecule is Cc1c(C(=O)N2CC(C)CC(C)C2)oc2ccc(S(=O)(=O)N3CCCC(C)C3)cc12. The van der Waals surface area contributed by atoms with Crippen LogP contribution in [0.4, 0.5) is 0 Å². The van der Waals surface area contributed by atoms with Gasteiger partial charge in [0.05, 0.1) is 4.90 Å². The predicted octanol–water partition coefficient (Wildman–Crippen LogP) is 4.28. The van der Waals surface area contributed by atoms with Crippen LogP contribution in [0, 0.1) is 24.7 Å². The molecule has 30 heavy (non-hydrogen) atoms. The third kappa shape index (κ3) is 3.89. The van der Waals surface area contributed by atoms with Gasteiger partial charge in [0.1, 0.15) is 5.58 Å². The quantitative estimate of drug-likeness (QED) is 0.726. The number of fused-ring (bicyclic) bond motifs is 1. The van der Waals surface area contributed by atoms with E-state index in [1.807, 2.05) is 11.8 Å². The first-order valence-electron chi connectivity index (χ1n) is 11.0. The lowest BCUT2D eigenvalue weighted by molar-refractivity contribution is 0.0593. The number of hydrogen-bond acceptors (Lipinski definition) is 4. The van der Waals surface area contributed by atoms with Crippen molar-refractivity contribution in [3.05, 3.63) is 29.5 Å². The van der Waals surface area contributed by atoms with Crippen LogP contribution in [0.3, 0.4) is 0 Å². The summed E-state index contributed by atoms with van der Waals surface area (Å²) in [5.41, 5.74) is 1.27. The van der Waals surface area contributed by atoms with Gasteiger partial charge in [0.25, 0.3) is 5.91 Å². The summed E-state index contributed by atoms with van der Waals surface area (Å²) in [7, 11) is -3.55. The molecule has 1 aromatic carbocycles. The third-order valence-electron chi connectivity index (χ3n) is 6.52. The van der Waals surface area contributed by atoms with E-state index in [0.29, 0.717) is 53.1 Å². The van der Waals surface area contributed by atoms with Gasteiger partial charge in [-0.2, -0.15) is 4.31 Å². The van der Waals surface area contributed by atoms with Crippen molar-refractivity contribution in [1.29, 1.82) is 0 Å². The number of nitrogens with zero attached hydrogens (tertiary/aromatic N) is 2. The zero-order chi connectivity index (χ0) is 21.6. The highest BCUT2D eigenvalue weighted by atomic mass is 32.2. The van der Waals surface area contributed by atoms with Gasteiger partial charge >= 0.3 is 0 Å². The molecule has 4 rings (SSSR count). The number of carbonyl (C=O) groups excluding carboxylic acids is 1. The molecule has 7 heteroatoms. The first-order valence-corrected chi connectivity index (χ1v) is 12.4. The maximum Gasteiger partial charge on any atom is 0.289 e. The van der Waals surface area contributed by atoms with Crippen LogP contribution in [0.15, 0.2) is 27.5 Å². The van der Waals surface area contributed by atoms with E-state index >= 15 is 0 Å². The van der Waals surface area contributed by atoms with Gasteiger partial charge in [-0.05, 0) is 62.1 Å². The van der Waals surface area contributed by atoms with Gasteiger partial charge in [-0.1, -0.05) is 20.8 Å². The Hall–Kier alpha value is -1.86. The number of rotatable bonds is 3. The van der Waals surface area contributed by atoms with Crippen LogP contribution >= 0.6 is 0 Å². The number of aryl methyl sites for hydroxylation is 1. The second-order valence-corrected chi connectivity index (χ2v) is 11.4. The molecule has 0 bridgehead atoms. The van der Waals surface area contributed by atoms with Gasteiger partial charge in [-0.15, -0.1) is 0 Å². The summed E-state index contributed by atoms with van der Waals surface area (Å²) in [6.07, 6.45) is 3.07. The van der Waals surface area contributed by atoms with Crippen molar-refractivity contribution < 1.29 is 17.6 Å². The number of amides is 1. The summed E-state index contributed by atoms with van der Waals surface area (Å²) >= 11 is 0. The van der Waals surface area contributed by atoms with Crippen molar-refractivity contribution in [1.82, 2.24) is 9.21 Å². The molecule has 2 fully saturated rings. The lowest BCUT2D eigenvalue weighted by Gasteiger charge is -2.34. The van der Waals surface area contributed by atoms with E-state index in [0.717, 1.165) is 32.4 Å². The molecule has 2 saturated heterocycles. The number of furan rings is 1. The Labute approximate surface area is 179 Å². The molecule has 2 aromatic rings.